The van der Waals surface area contributed by atoms with Crippen molar-refractivity contribution in [1.82, 2.24) is 14.7 Å². The lowest BCUT2D eigenvalue weighted by Crippen LogP contribution is -2.54. The molecule has 6 nitrogen and oxygen atoms in total. The first-order valence-corrected chi connectivity index (χ1v) is 9.83. The van der Waals surface area contributed by atoms with E-state index in [2.05, 4.69) is 0 Å². The third-order valence-electron chi connectivity index (χ3n) is 5.32. The molecule has 2 aliphatic heterocycles. The lowest BCUT2D eigenvalue weighted by Gasteiger charge is -2.38. The Bertz CT molecular complexity index is 670. The monoisotopic (exact) mass is 370 g/mol. The zero-order valence-corrected chi connectivity index (χ0v) is 16.4. The highest BCUT2D eigenvalue weighted by molar-refractivity contribution is 5.92. The minimum Gasteiger partial charge on any atom is -0.378 e. The van der Waals surface area contributed by atoms with Gasteiger partial charge in [-0.1, -0.05) is 12.1 Å². The molecule has 6 heteroatoms. The number of hydrogen-bond acceptors (Lipinski definition) is 3. The fourth-order valence-electron chi connectivity index (χ4n) is 3.56. The molecule has 0 N–H and O–H groups in total. The molecule has 2 fully saturated rings. The van der Waals surface area contributed by atoms with Gasteiger partial charge in [-0.2, -0.15) is 0 Å². The number of nitrogens with zero attached hydrogens (tertiary/aromatic N) is 4. The molecule has 0 aromatic heterocycles. The van der Waals surface area contributed by atoms with Crippen molar-refractivity contribution in [2.24, 2.45) is 0 Å². The number of piperazine rings is 1. The van der Waals surface area contributed by atoms with Crippen molar-refractivity contribution >= 4 is 23.7 Å². The van der Waals surface area contributed by atoms with Gasteiger partial charge in [0.2, 0.25) is 5.91 Å². The Kier molecular flexibility index (Phi) is 6.37. The summed E-state index contributed by atoms with van der Waals surface area (Å²) in [5, 5.41) is 0. The Morgan fingerprint density at radius 3 is 1.96 bits per heavy atom. The molecular formula is C21H30N4O2. The molecular weight excluding hydrogens is 340 g/mol. The van der Waals surface area contributed by atoms with Crippen molar-refractivity contribution in [1.29, 1.82) is 0 Å². The number of piperidine rings is 1. The maximum atomic E-state index is 12.5. The van der Waals surface area contributed by atoms with Crippen LogP contribution in [-0.4, -0.2) is 80.0 Å². The number of benzene rings is 1. The first-order chi connectivity index (χ1) is 13.0. The fourth-order valence-corrected chi connectivity index (χ4v) is 3.56. The van der Waals surface area contributed by atoms with Gasteiger partial charge in [-0.25, -0.2) is 4.79 Å². The zero-order valence-electron chi connectivity index (χ0n) is 16.4. The highest BCUT2D eigenvalue weighted by atomic mass is 16.2. The maximum Gasteiger partial charge on any atom is 0.320 e. The van der Waals surface area contributed by atoms with Crippen molar-refractivity contribution < 1.29 is 9.59 Å². The number of urea groups is 1. The molecule has 2 aliphatic rings. The highest BCUT2D eigenvalue weighted by Gasteiger charge is 2.27. The second kappa shape index (κ2) is 8.93. The average Bonchev–Trinajstić information content (AvgIpc) is 2.72. The minimum absolute atomic E-state index is 0.0109. The molecule has 27 heavy (non-hydrogen) atoms. The molecule has 0 spiro atoms. The van der Waals surface area contributed by atoms with Gasteiger partial charge >= 0.3 is 6.03 Å². The Balaban J connectivity index is 1.48. The third-order valence-corrected chi connectivity index (χ3v) is 5.32. The number of carbonyl (C=O) groups excluding carboxylic acids is 2. The van der Waals surface area contributed by atoms with E-state index in [1.54, 1.807) is 6.08 Å². The zero-order chi connectivity index (χ0) is 19.2. The second-order valence-corrected chi connectivity index (χ2v) is 7.46. The van der Waals surface area contributed by atoms with Crippen LogP contribution in [0.25, 0.3) is 6.08 Å². The van der Waals surface area contributed by atoms with Gasteiger partial charge in [-0.05, 0) is 43.0 Å². The third kappa shape index (κ3) is 5.02. The average molecular weight is 370 g/mol. The normalized spacial score (nSPS) is 18.1. The first kappa shape index (κ1) is 19.3. The van der Waals surface area contributed by atoms with Gasteiger partial charge in [0.25, 0.3) is 0 Å². The van der Waals surface area contributed by atoms with Crippen molar-refractivity contribution in [3.63, 3.8) is 0 Å². The first-order valence-electron chi connectivity index (χ1n) is 9.83. The number of carbonyl (C=O) groups is 2. The summed E-state index contributed by atoms with van der Waals surface area (Å²) in [6, 6.07) is 8.23. The van der Waals surface area contributed by atoms with E-state index >= 15 is 0 Å². The second-order valence-electron chi connectivity index (χ2n) is 7.46. The molecule has 1 aromatic carbocycles. The van der Waals surface area contributed by atoms with E-state index in [1.807, 2.05) is 64.0 Å². The van der Waals surface area contributed by atoms with Gasteiger partial charge in [0, 0.05) is 65.1 Å². The Hall–Kier alpha value is -2.50. The van der Waals surface area contributed by atoms with Crippen molar-refractivity contribution in [3.05, 3.63) is 35.9 Å². The molecule has 0 aliphatic carbocycles. The van der Waals surface area contributed by atoms with E-state index in [0.717, 1.165) is 37.2 Å². The molecule has 3 rings (SSSR count). The molecule has 2 heterocycles. The van der Waals surface area contributed by atoms with E-state index in [1.165, 1.54) is 6.42 Å². The van der Waals surface area contributed by atoms with Crippen LogP contribution in [0.3, 0.4) is 0 Å². The predicted molar refractivity (Wildman–Crippen MR) is 109 cm³/mol. The van der Waals surface area contributed by atoms with E-state index < -0.39 is 0 Å². The largest absolute Gasteiger partial charge is 0.378 e. The van der Waals surface area contributed by atoms with Crippen LogP contribution >= 0.6 is 0 Å². The molecule has 0 unspecified atom stereocenters. The molecule has 0 bridgehead atoms. The molecule has 2 saturated heterocycles. The molecule has 1 aromatic rings. The standard InChI is InChI=1S/C21H30N4O2/c1-22(2)19-9-6-18(7-10-19)8-11-20(26)23-14-16-25(17-15-23)21(27)24-12-4-3-5-13-24/h6-11H,3-5,12-17H2,1-2H3. The highest BCUT2D eigenvalue weighted by Crippen LogP contribution is 2.15. The summed E-state index contributed by atoms with van der Waals surface area (Å²) in [6.07, 6.45) is 6.91. The van der Waals surface area contributed by atoms with Crippen LogP contribution in [0.1, 0.15) is 24.8 Å². The lowest BCUT2D eigenvalue weighted by atomic mass is 10.1. The summed E-state index contributed by atoms with van der Waals surface area (Å²) in [7, 11) is 4.01. The summed E-state index contributed by atoms with van der Waals surface area (Å²) in [4.78, 5) is 32.7. The molecule has 0 radical (unpaired) electrons. The number of amides is 3. The maximum absolute atomic E-state index is 12.5. The van der Waals surface area contributed by atoms with Crippen molar-refractivity contribution in [2.45, 2.75) is 19.3 Å². The number of likely N-dealkylation sites (tertiary alicyclic amines) is 1. The van der Waals surface area contributed by atoms with Gasteiger partial charge in [0.15, 0.2) is 0 Å². The van der Waals surface area contributed by atoms with Crippen LogP contribution in [0.5, 0.6) is 0 Å². The van der Waals surface area contributed by atoms with Gasteiger partial charge in [0.1, 0.15) is 0 Å². The Morgan fingerprint density at radius 1 is 0.815 bits per heavy atom. The van der Waals surface area contributed by atoms with Crippen LogP contribution in [0, 0.1) is 0 Å². The Labute approximate surface area is 162 Å². The lowest BCUT2D eigenvalue weighted by molar-refractivity contribution is -0.127. The van der Waals surface area contributed by atoms with Crippen LogP contribution in [0.2, 0.25) is 0 Å². The van der Waals surface area contributed by atoms with E-state index in [0.29, 0.717) is 26.2 Å². The van der Waals surface area contributed by atoms with Crippen molar-refractivity contribution in [2.75, 3.05) is 58.3 Å². The minimum atomic E-state index is 0.0109. The summed E-state index contributed by atoms with van der Waals surface area (Å²) >= 11 is 0. The number of hydrogen-bond donors (Lipinski definition) is 0. The summed E-state index contributed by atoms with van der Waals surface area (Å²) in [5.41, 5.74) is 2.14. The topological polar surface area (TPSA) is 47.1 Å². The van der Waals surface area contributed by atoms with E-state index in [4.69, 9.17) is 0 Å². The van der Waals surface area contributed by atoms with Gasteiger partial charge in [-0.3, -0.25) is 4.79 Å². The van der Waals surface area contributed by atoms with Crippen LogP contribution in [0.4, 0.5) is 10.5 Å². The van der Waals surface area contributed by atoms with E-state index in [9.17, 15) is 9.59 Å². The SMILES string of the molecule is CN(C)c1ccc(C=CC(=O)N2CCN(C(=O)N3CCCCC3)CC2)cc1. The van der Waals surface area contributed by atoms with Gasteiger partial charge < -0.3 is 19.6 Å². The smallest absolute Gasteiger partial charge is 0.320 e. The van der Waals surface area contributed by atoms with Crippen molar-refractivity contribution in [3.8, 4) is 0 Å². The van der Waals surface area contributed by atoms with Gasteiger partial charge in [-0.15, -0.1) is 0 Å². The van der Waals surface area contributed by atoms with Crippen LogP contribution in [0.15, 0.2) is 30.3 Å². The summed E-state index contributed by atoms with van der Waals surface area (Å²) in [5.74, 6) is 0.0109. The molecule has 0 saturated carbocycles. The number of anilines is 1. The summed E-state index contributed by atoms with van der Waals surface area (Å²) < 4.78 is 0. The molecule has 0 atom stereocenters. The fraction of sp³-hybridized carbons (Fsp3) is 0.524. The predicted octanol–water partition coefficient (Wildman–Crippen LogP) is 2.52. The quantitative estimate of drug-likeness (QED) is 0.768. The molecule has 3 amide bonds. The molecule has 146 valence electrons. The number of rotatable bonds is 3. The van der Waals surface area contributed by atoms with Crippen LogP contribution < -0.4 is 4.90 Å². The summed E-state index contributed by atoms with van der Waals surface area (Å²) in [6.45, 7) is 4.17. The van der Waals surface area contributed by atoms with E-state index in [-0.39, 0.29) is 11.9 Å². The van der Waals surface area contributed by atoms with Crippen LogP contribution in [-0.2, 0) is 4.79 Å². The van der Waals surface area contributed by atoms with Gasteiger partial charge in [0.05, 0.1) is 0 Å². The Morgan fingerprint density at radius 2 is 1.37 bits per heavy atom.